The minimum Gasteiger partial charge on any atom is -0.450 e. The molecule has 0 bridgehead atoms. The van der Waals surface area contributed by atoms with E-state index in [2.05, 4.69) is 15.7 Å². The number of carbonyl (C=O) groups excluding carboxylic acids is 2. The van der Waals surface area contributed by atoms with Gasteiger partial charge in [0.2, 0.25) is 0 Å². The molecule has 0 spiro atoms. The molecule has 0 aliphatic heterocycles. The summed E-state index contributed by atoms with van der Waals surface area (Å²) < 4.78 is 19.6. The Morgan fingerprint density at radius 1 is 1.25 bits per heavy atom. The molecule has 28 heavy (non-hydrogen) atoms. The first-order valence-electron chi connectivity index (χ1n) is 9.33. The smallest absolute Gasteiger partial charge is 0.407 e. The minimum absolute atomic E-state index is 0.240. The van der Waals surface area contributed by atoms with Gasteiger partial charge in [0.15, 0.2) is 0 Å². The highest BCUT2D eigenvalue weighted by atomic mass is 19.1. The van der Waals surface area contributed by atoms with Gasteiger partial charge in [0.1, 0.15) is 5.82 Å². The monoisotopic (exact) mass is 390 g/mol. The lowest BCUT2D eigenvalue weighted by Gasteiger charge is -2.20. The van der Waals surface area contributed by atoms with Gasteiger partial charge in [-0.3, -0.25) is 4.79 Å². The second-order valence-electron chi connectivity index (χ2n) is 6.93. The van der Waals surface area contributed by atoms with Gasteiger partial charge in [-0.15, -0.1) is 0 Å². The van der Waals surface area contributed by atoms with Crippen LogP contribution in [0.15, 0.2) is 30.5 Å². The van der Waals surface area contributed by atoms with Gasteiger partial charge in [0.25, 0.3) is 5.91 Å². The van der Waals surface area contributed by atoms with E-state index in [1.165, 1.54) is 18.3 Å². The molecule has 0 saturated carbocycles. The van der Waals surface area contributed by atoms with Crippen LogP contribution in [0.3, 0.4) is 0 Å². The predicted molar refractivity (Wildman–Crippen MR) is 104 cm³/mol. The maximum absolute atomic E-state index is 13.1. The molecule has 1 aromatic heterocycles. The third kappa shape index (κ3) is 5.80. The fraction of sp³-hybridized carbons (Fsp3) is 0.450. The summed E-state index contributed by atoms with van der Waals surface area (Å²) in [5, 5.41) is 9.85. The third-order valence-corrected chi connectivity index (χ3v) is 4.19. The van der Waals surface area contributed by atoms with Gasteiger partial charge in [-0.1, -0.05) is 13.8 Å². The number of carbonyl (C=O) groups is 2. The van der Waals surface area contributed by atoms with E-state index in [4.69, 9.17) is 4.74 Å². The Morgan fingerprint density at radius 3 is 2.54 bits per heavy atom. The van der Waals surface area contributed by atoms with E-state index in [0.717, 1.165) is 0 Å². The first-order chi connectivity index (χ1) is 13.3. The highest BCUT2D eigenvalue weighted by molar-refractivity contribution is 5.95. The third-order valence-electron chi connectivity index (χ3n) is 4.19. The normalized spacial score (nSPS) is 11.9. The quantitative estimate of drug-likeness (QED) is 0.725. The van der Waals surface area contributed by atoms with Crippen LogP contribution in [-0.2, 0) is 4.74 Å². The van der Waals surface area contributed by atoms with Crippen LogP contribution in [0.25, 0.3) is 5.69 Å². The topological polar surface area (TPSA) is 85.2 Å². The molecule has 0 radical (unpaired) electrons. The van der Waals surface area contributed by atoms with Crippen molar-refractivity contribution in [2.45, 2.75) is 40.2 Å². The number of aromatic nitrogens is 2. The molecule has 1 unspecified atom stereocenters. The lowest BCUT2D eigenvalue weighted by molar-refractivity contribution is 0.0944. The van der Waals surface area contributed by atoms with E-state index in [0.29, 0.717) is 29.3 Å². The van der Waals surface area contributed by atoms with E-state index in [1.54, 1.807) is 30.7 Å². The number of nitrogens with zero attached hydrogens (tertiary/aromatic N) is 2. The first kappa shape index (κ1) is 21.4. The molecule has 2 rings (SSSR count). The van der Waals surface area contributed by atoms with Crippen LogP contribution in [-0.4, -0.2) is 41.0 Å². The average molecular weight is 390 g/mol. The zero-order valence-electron chi connectivity index (χ0n) is 16.7. The van der Waals surface area contributed by atoms with Gasteiger partial charge >= 0.3 is 6.09 Å². The minimum atomic E-state index is -0.497. The molecule has 8 heteroatoms. The van der Waals surface area contributed by atoms with Crippen molar-refractivity contribution >= 4 is 12.0 Å². The summed E-state index contributed by atoms with van der Waals surface area (Å²) in [5.41, 5.74) is 1.73. The highest BCUT2D eigenvalue weighted by Crippen LogP contribution is 2.15. The van der Waals surface area contributed by atoms with Crippen molar-refractivity contribution in [1.82, 2.24) is 20.4 Å². The largest absolute Gasteiger partial charge is 0.450 e. The molecule has 2 amide bonds. The molecule has 1 atom stereocenters. The van der Waals surface area contributed by atoms with Gasteiger partial charge in [0, 0.05) is 12.6 Å². The number of nitrogens with one attached hydrogen (secondary N) is 2. The molecule has 0 fully saturated rings. The summed E-state index contributed by atoms with van der Waals surface area (Å²) in [6.45, 7) is 8.15. The van der Waals surface area contributed by atoms with E-state index >= 15 is 0 Å². The number of alkyl carbamates (subject to hydrolysis) is 1. The average Bonchev–Trinajstić information content (AvgIpc) is 3.01. The first-order valence-corrected chi connectivity index (χ1v) is 9.33. The van der Waals surface area contributed by atoms with Crippen LogP contribution >= 0.6 is 0 Å². The molecule has 0 saturated heterocycles. The molecule has 1 heterocycles. The maximum atomic E-state index is 13.1. The lowest BCUT2D eigenvalue weighted by Crippen LogP contribution is -2.44. The Balaban J connectivity index is 2.04. The van der Waals surface area contributed by atoms with Crippen molar-refractivity contribution in [3.8, 4) is 5.69 Å². The Hall–Kier alpha value is -2.90. The number of ether oxygens (including phenoxy) is 1. The van der Waals surface area contributed by atoms with Crippen LogP contribution in [0, 0.1) is 18.7 Å². The Kier molecular flexibility index (Phi) is 7.54. The molecule has 2 aromatic rings. The predicted octanol–water partition coefficient (Wildman–Crippen LogP) is 3.21. The molecule has 0 aliphatic rings. The van der Waals surface area contributed by atoms with Crippen LogP contribution in [0.2, 0.25) is 0 Å². The molecule has 0 aliphatic carbocycles. The van der Waals surface area contributed by atoms with Crippen LogP contribution in [0.4, 0.5) is 9.18 Å². The summed E-state index contributed by atoms with van der Waals surface area (Å²) in [4.78, 5) is 24.3. The van der Waals surface area contributed by atoms with E-state index in [9.17, 15) is 14.0 Å². The molecular formula is C20H27FN4O3. The van der Waals surface area contributed by atoms with E-state index in [-0.39, 0.29) is 30.9 Å². The standard InChI is InChI=1S/C20H27FN4O3/c1-5-28-20(27)24-16(10-13(2)3)11-22-19(26)18-12-23-25(14(18)4)17-8-6-15(21)7-9-17/h6-9,12-13,16H,5,10-11H2,1-4H3,(H,22,26)(H,24,27). The number of hydrogen-bond donors (Lipinski definition) is 2. The molecule has 152 valence electrons. The van der Waals surface area contributed by atoms with Crippen molar-refractivity contribution in [2.75, 3.05) is 13.2 Å². The van der Waals surface area contributed by atoms with E-state index < -0.39 is 6.09 Å². The summed E-state index contributed by atoms with van der Waals surface area (Å²) in [6.07, 6.45) is 1.68. The summed E-state index contributed by atoms with van der Waals surface area (Å²) in [5.74, 6) is -0.283. The highest BCUT2D eigenvalue weighted by Gasteiger charge is 2.19. The zero-order valence-corrected chi connectivity index (χ0v) is 16.7. The lowest BCUT2D eigenvalue weighted by atomic mass is 10.0. The van der Waals surface area contributed by atoms with Crippen LogP contribution in [0.5, 0.6) is 0 Å². The number of hydrogen-bond acceptors (Lipinski definition) is 4. The van der Waals surface area contributed by atoms with Crippen molar-refractivity contribution in [2.24, 2.45) is 5.92 Å². The zero-order chi connectivity index (χ0) is 20.7. The molecule has 2 N–H and O–H groups in total. The van der Waals surface area contributed by atoms with E-state index in [1.807, 2.05) is 13.8 Å². The summed E-state index contributed by atoms with van der Waals surface area (Å²) in [6, 6.07) is 5.63. The van der Waals surface area contributed by atoms with Crippen molar-refractivity contribution in [3.63, 3.8) is 0 Å². The number of halogens is 1. The SMILES string of the molecule is CCOC(=O)NC(CNC(=O)c1cnn(-c2ccc(F)cc2)c1C)CC(C)C. The Labute approximate surface area is 164 Å². The number of rotatable bonds is 8. The molecule has 7 nitrogen and oxygen atoms in total. The summed E-state index contributed by atoms with van der Waals surface area (Å²) in [7, 11) is 0. The Bertz CT molecular complexity index is 802. The number of amides is 2. The van der Waals surface area contributed by atoms with Crippen LogP contribution in [0.1, 0.15) is 43.2 Å². The van der Waals surface area contributed by atoms with Gasteiger partial charge < -0.3 is 15.4 Å². The fourth-order valence-electron chi connectivity index (χ4n) is 2.89. The number of benzene rings is 1. The fourth-order valence-corrected chi connectivity index (χ4v) is 2.89. The van der Waals surface area contributed by atoms with Gasteiger partial charge in [-0.05, 0) is 50.5 Å². The van der Waals surface area contributed by atoms with Crippen LogP contribution < -0.4 is 10.6 Å². The molecule has 1 aromatic carbocycles. The maximum Gasteiger partial charge on any atom is 0.407 e. The second kappa shape index (κ2) is 9.87. The second-order valence-corrected chi connectivity index (χ2v) is 6.93. The van der Waals surface area contributed by atoms with Crippen molar-refractivity contribution < 1.29 is 18.7 Å². The molecular weight excluding hydrogens is 363 g/mol. The van der Waals surface area contributed by atoms with Gasteiger partial charge in [-0.25, -0.2) is 13.9 Å². The van der Waals surface area contributed by atoms with Gasteiger partial charge in [-0.2, -0.15) is 5.10 Å². The van der Waals surface area contributed by atoms with Crippen molar-refractivity contribution in [1.29, 1.82) is 0 Å². The van der Waals surface area contributed by atoms with Gasteiger partial charge in [0.05, 0.1) is 29.7 Å². The Morgan fingerprint density at radius 2 is 1.93 bits per heavy atom. The summed E-state index contributed by atoms with van der Waals surface area (Å²) >= 11 is 0. The van der Waals surface area contributed by atoms with Crippen molar-refractivity contribution in [3.05, 3.63) is 47.5 Å².